The third-order valence-corrected chi connectivity index (χ3v) is 5.07. The molecular formula is C17H21F2NO2. The van der Waals surface area contributed by atoms with Crippen LogP contribution in [-0.4, -0.2) is 35.1 Å². The fourth-order valence-electron chi connectivity index (χ4n) is 3.63. The van der Waals surface area contributed by atoms with Crippen molar-refractivity contribution < 1.29 is 18.7 Å². The number of hydrogen-bond donors (Lipinski definition) is 1. The fourth-order valence-corrected chi connectivity index (χ4v) is 3.63. The number of rotatable bonds is 3. The highest BCUT2D eigenvalue weighted by Gasteiger charge is 2.48. The van der Waals surface area contributed by atoms with Crippen molar-refractivity contribution in [3.05, 3.63) is 35.4 Å². The van der Waals surface area contributed by atoms with Crippen LogP contribution in [0.5, 0.6) is 0 Å². The molecule has 0 aromatic heterocycles. The number of halogens is 2. The maximum absolute atomic E-state index is 13.8. The van der Waals surface area contributed by atoms with Gasteiger partial charge in [0.25, 0.3) is 0 Å². The monoisotopic (exact) mass is 309 g/mol. The van der Waals surface area contributed by atoms with Gasteiger partial charge in [0, 0.05) is 12.5 Å². The summed E-state index contributed by atoms with van der Waals surface area (Å²) < 4.78 is 27.2. The Kier molecular flexibility index (Phi) is 4.17. The zero-order valence-electron chi connectivity index (χ0n) is 12.6. The first-order valence-electron chi connectivity index (χ1n) is 7.89. The van der Waals surface area contributed by atoms with Crippen molar-refractivity contribution in [1.29, 1.82) is 0 Å². The van der Waals surface area contributed by atoms with Crippen molar-refractivity contribution >= 4 is 5.91 Å². The van der Waals surface area contributed by atoms with Gasteiger partial charge in [-0.05, 0) is 42.7 Å². The third-order valence-electron chi connectivity index (χ3n) is 5.07. The van der Waals surface area contributed by atoms with E-state index in [-0.39, 0.29) is 36.3 Å². The summed E-state index contributed by atoms with van der Waals surface area (Å²) in [5, 5.41) is 9.54. The van der Waals surface area contributed by atoms with E-state index >= 15 is 0 Å². The lowest BCUT2D eigenvalue weighted by Gasteiger charge is -2.39. The summed E-state index contributed by atoms with van der Waals surface area (Å²) in [5.74, 6) is -1.98. The highest BCUT2D eigenvalue weighted by Crippen LogP contribution is 2.50. The number of carbonyl (C=O) groups excluding carboxylic acids is 1. The van der Waals surface area contributed by atoms with Gasteiger partial charge in [-0.3, -0.25) is 4.79 Å². The fraction of sp³-hybridized carbons (Fsp3) is 0.588. The van der Waals surface area contributed by atoms with E-state index < -0.39 is 11.6 Å². The molecule has 0 bridgehead atoms. The molecule has 3 rings (SSSR count). The first-order valence-corrected chi connectivity index (χ1v) is 7.89. The predicted octanol–water partition coefficient (Wildman–Crippen LogP) is 2.69. The lowest BCUT2D eigenvalue weighted by atomic mass is 9.90. The van der Waals surface area contributed by atoms with Crippen molar-refractivity contribution in [3.63, 3.8) is 0 Å². The molecule has 2 aliphatic rings. The van der Waals surface area contributed by atoms with E-state index in [0.29, 0.717) is 18.5 Å². The lowest BCUT2D eigenvalue weighted by Crippen LogP contribution is -2.50. The van der Waals surface area contributed by atoms with Gasteiger partial charge >= 0.3 is 0 Å². The molecule has 1 aliphatic heterocycles. The van der Waals surface area contributed by atoms with E-state index in [1.54, 1.807) is 11.0 Å². The molecule has 120 valence electrons. The van der Waals surface area contributed by atoms with Gasteiger partial charge in [0.15, 0.2) is 11.6 Å². The Morgan fingerprint density at radius 1 is 1.41 bits per heavy atom. The number of amides is 1. The molecule has 1 aliphatic carbocycles. The largest absolute Gasteiger partial charge is 0.394 e. The molecule has 1 heterocycles. The van der Waals surface area contributed by atoms with Gasteiger partial charge in [-0.25, -0.2) is 8.78 Å². The zero-order chi connectivity index (χ0) is 15.9. The molecule has 0 radical (unpaired) electrons. The first kappa shape index (κ1) is 15.4. The molecule has 22 heavy (non-hydrogen) atoms. The number of benzene rings is 1. The Hall–Kier alpha value is -1.49. The summed E-state index contributed by atoms with van der Waals surface area (Å²) in [7, 11) is 0. The van der Waals surface area contributed by atoms with Crippen molar-refractivity contribution in [1.82, 2.24) is 4.90 Å². The van der Waals surface area contributed by atoms with Gasteiger partial charge < -0.3 is 10.0 Å². The van der Waals surface area contributed by atoms with Gasteiger partial charge in [-0.1, -0.05) is 19.1 Å². The highest BCUT2D eigenvalue weighted by atomic mass is 19.2. The smallest absolute Gasteiger partial charge is 0.226 e. The first-order chi connectivity index (χ1) is 10.5. The molecular weight excluding hydrogens is 288 g/mol. The molecule has 4 atom stereocenters. The second-order valence-electron chi connectivity index (χ2n) is 6.49. The van der Waals surface area contributed by atoms with Gasteiger partial charge in [0.05, 0.1) is 12.6 Å². The summed E-state index contributed by atoms with van der Waals surface area (Å²) in [4.78, 5) is 14.4. The molecule has 0 spiro atoms. The van der Waals surface area contributed by atoms with Crippen molar-refractivity contribution in [2.45, 2.75) is 38.1 Å². The Morgan fingerprint density at radius 2 is 2.18 bits per heavy atom. The van der Waals surface area contributed by atoms with Crippen molar-refractivity contribution in [3.8, 4) is 0 Å². The summed E-state index contributed by atoms with van der Waals surface area (Å²) >= 11 is 0. The number of likely N-dealkylation sites (tertiary alicyclic amines) is 1. The third kappa shape index (κ3) is 2.62. The van der Waals surface area contributed by atoms with Crippen LogP contribution in [0.15, 0.2) is 18.2 Å². The van der Waals surface area contributed by atoms with E-state index in [9.17, 15) is 18.7 Å². The molecule has 5 heteroatoms. The van der Waals surface area contributed by atoms with E-state index in [1.807, 2.05) is 6.92 Å². The number of piperidine rings is 1. The summed E-state index contributed by atoms with van der Waals surface area (Å²) in [6, 6.07) is 3.97. The summed E-state index contributed by atoms with van der Waals surface area (Å²) in [5.41, 5.74) is 0.295. The quantitative estimate of drug-likeness (QED) is 0.932. The Bertz CT molecular complexity index is 578. The maximum Gasteiger partial charge on any atom is 0.226 e. The number of carbonyl (C=O) groups is 1. The van der Waals surface area contributed by atoms with Crippen LogP contribution >= 0.6 is 0 Å². The summed E-state index contributed by atoms with van der Waals surface area (Å²) in [6.07, 6.45) is 2.49. The van der Waals surface area contributed by atoms with E-state index in [4.69, 9.17) is 0 Å². The van der Waals surface area contributed by atoms with Crippen molar-refractivity contribution in [2.24, 2.45) is 11.8 Å². The standard InChI is InChI=1S/C17H21F2NO2/c1-10-4-3-7-20(15(10)9-21)17(22)13-8-12(13)11-5-2-6-14(18)16(11)19/h2,5-6,10,12-13,15,21H,3-4,7-9H2,1H3. The predicted molar refractivity (Wildman–Crippen MR) is 78.2 cm³/mol. The lowest BCUT2D eigenvalue weighted by molar-refractivity contribution is -0.139. The average Bonchev–Trinajstić information content (AvgIpc) is 3.29. The second-order valence-corrected chi connectivity index (χ2v) is 6.49. The number of hydrogen-bond acceptors (Lipinski definition) is 2. The van der Waals surface area contributed by atoms with Gasteiger partial charge in [-0.15, -0.1) is 0 Å². The van der Waals surface area contributed by atoms with Crippen LogP contribution in [0.1, 0.15) is 37.7 Å². The maximum atomic E-state index is 13.8. The number of nitrogens with zero attached hydrogens (tertiary/aromatic N) is 1. The van der Waals surface area contributed by atoms with Crippen LogP contribution in [0.3, 0.4) is 0 Å². The molecule has 4 unspecified atom stereocenters. The van der Waals surface area contributed by atoms with Crippen LogP contribution in [0.25, 0.3) is 0 Å². The molecule has 3 nitrogen and oxygen atoms in total. The van der Waals surface area contributed by atoms with Crippen LogP contribution in [-0.2, 0) is 4.79 Å². The molecule has 1 aromatic carbocycles. The van der Waals surface area contributed by atoms with Gasteiger partial charge in [-0.2, -0.15) is 0 Å². The van der Waals surface area contributed by atoms with Crippen molar-refractivity contribution in [2.75, 3.05) is 13.2 Å². The molecule has 1 amide bonds. The van der Waals surface area contributed by atoms with Gasteiger partial charge in [0.1, 0.15) is 0 Å². The van der Waals surface area contributed by atoms with Crippen LogP contribution < -0.4 is 0 Å². The molecule has 1 aromatic rings. The number of aliphatic hydroxyl groups excluding tert-OH is 1. The van der Waals surface area contributed by atoms with Crippen LogP contribution in [0.2, 0.25) is 0 Å². The van der Waals surface area contributed by atoms with E-state index in [2.05, 4.69) is 0 Å². The van der Waals surface area contributed by atoms with Crippen LogP contribution in [0, 0.1) is 23.5 Å². The minimum Gasteiger partial charge on any atom is -0.394 e. The Morgan fingerprint density at radius 3 is 2.91 bits per heavy atom. The second kappa shape index (κ2) is 5.95. The zero-order valence-corrected chi connectivity index (χ0v) is 12.6. The van der Waals surface area contributed by atoms with E-state index in [0.717, 1.165) is 18.9 Å². The van der Waals surface area contributed by atoms with Crippen LogP contribution in [0.4, 0.5) is 8.78 Å². The molecule has 1 N–H and O–H groups in total. The Balaban J connectivity index is 1.73. The van der Waals surface area contributed by atoms with E-state index in [1.165, 1.54) is 6.07 Å². The molecule has 2 fully saturated rings. The normalized spacial score (nSPS) is 31.2. The topological polar surface area (TPSA) is 40.5 Å². The minimum absolute atomic E-state index is 0.0285. The Labute approximate surface area is 128 Å². The minimum atomic E-state index is -0.865. The van der Waals surface area contributed by atoms with Gasteiger partial charge in [0.2, 0.25) is 5.91 Å². The highest BCUT2D eigenvalue weighted by molar-refractivity contribution is 5.83. The summed E-state index contributed by atoms with van der Waals surface area (Å²) in [6.45, 7) is 2.64. The molecule has 1 saturated heterocycles. The average molecular weight is 309 g/mol. The SMILES string of the molecule is CC1CCCN(C(=O)C2CC2c2cccc(F)c2F)C1CO. The number of aliphatic hydroxyl groups is 1. The molecule has 1 saturated carbocycles.